The minimum absolute atomic E-state index is 0. The van der Waals surface area contributed by atoms with Gasteiger partial charge in [0.05, 0.1) is 0 Å². The van der Waals surface area contributed by atoms with Gasteiger partial charge in [-0.3, -0.25) is 19.5 Å². The number of rotatable bonds is 14. The molecule has 0 bridgehead atoms. The number of nitrogens with two attached hydrogens (primary N) is 1. The van der Waals surface area contributed by atoms with Crippen molar-refractivity contribution in [1.29, 1.82) is 0 Å². The molecule has 8 N–H and O–H groups in total. The summed E-state index contributed by atoms with van der Waals surface area (Å²) in [6.45, 7) is 4.24. The number of hydrogen-bond donors (Lipinski definition) is 7. The molecule has 59 heavy (non-hydrogen) atoms. The first-order valence-corrected chi connectivity index (χ1v) is 19.2. The Balaban J connectivity index is 0.00000661. The van der Waals surface area contributed by atoms with Gasteiger partial charge in [-0.2, -0.15) is 22.7 Å². The second-order valence-electron chi connectivity index (χ2n) is 15.0. The minimum Gasteiger partial charge on any atom is -0.477 e. The second kappa shape index (κ2) is 19.1. The van der Waals surface area contributed by atoms with Crippen LogP contribution in [0.2, 0.25) is 0 Å². The van der Waals surface area contributed by atoms with E-state index in [0.29, 0.717) is 30.9 Å². The summed E-state index contributed by atoms with van der Waals surface area (Å²) in [5.74, 6) is -16.5. The highest BCUT2D eigenvalue weighted by molar-refractivity contribution is 5.98. The molecular weight excluding hydrogens is 796 g/mol. The predicted molar refractivity (Wildman–Crippen MR) is 214 cm³/mol. The Morgan fingerprint density at radius 3 is 2.15 bits per heavy atom. The van der Waals surface area contributed by atoms with Crippen LogP contribution >= 0.6 is 12.4 Å². The van der Waals surface area contributed by atoms with Crippen LogP contribution in [0.1, 0.15) is 65.8 Å². The summed E-state index contributed by atoms with van der Waals surface area (Å²) in [6.07, 6.45) is 4.86. The van der Waals surface area contributed by atoms with Crippen LogP contribution in [-0.2, 0) is 26.7 Å². The maximum atomic E-state index is 14.2. The molecule has 2 heterocycles. The first-order valence-electron chi connectivity index (χ1n) is 19.2. The summed E-state index contributed by atoms with van der Waals surface area (Å²) >= 11 is 0. The number of aromatic amines is 1. The third kappa shape index (κ3) is 10.4. The van der Waals surface area contributed by atoms with E-state index in [1.165, 1.54) is 24.3 Å². The minimum atomic E-state index is -5.44. The molecule has 1 aliphatic heterocycles. The molecule has 1 saturated carbocycles. The third-order valence-corrected chi connectivity index (χ3v) is 10.9. The SMILES string of the molecule is Cc1cc(C(=O)NC2CCNCC2)ccc1-c1ccc(C[C@H](NC(=O)C2CCC(CN)CC2)C(=O)Nc2ccc(-c3n[nH]c(C(F)(F)C(F)(F)C(=O)O)n3)cc2)cc1.Cl. The summed E-state index contributed by atoms with van der Waals surface area (Å²) in [6, 6.07) is 17.9. The van der Waals surface area contributed by atoms with Gasteiger partial charge in [0.15, 0.2) is 5.82 Å². The molecule has 18 heteroatoms. The van der Waals surface area contributed by atoms with E-state index >= 15 is 0 Å². The zero-order chi connectivity index (χ0) is 41.6. The van der Waals surface area contributed by atoms with Gasteiger partial charge in [-0.1, -0.05) is 30.3 Å². The number of H-pyrrole nitrogens is 1. The van der Waals surface area contributed by atoms with Crippen molar-refractivity contribution in [3.8, 4) is 22.5 Å². The maximum Gasteiger partial charge on any atom is 0.411 e. The standard InChI is InChI=1S/C41H46F4N8O5.ClH/c1-23-20-29(36(55)48-31-16-18-47-19-17-31)12-15-32(23)26-6-2-24(3-7-26)21-33(50-35(54)28-8-4-25(22-46)5-9-28)37(56)49-30-13-10-27(11-14-30)34-51-38(53-52-34)40(42,43)41(44,45)39(57)58;/h2-3,6-7,10-15,20,25,28,31,33,47H,4-5,8-9,16-19,21-22,46H2,1H3,(H,48,55)(H,49,56)(H,50,54)(H,57,58)(H,51,52,53);1H/t25?,28?,33-;/m0./s1. The lowest BCUT2D eigenvalue weighted by atomic mass is 9.81. The molecule has 2 fully saturated rings. The Bertz CT molecular complexity index is 2100. The van der Waals surface area contributed by atoms with E-state index in [-0.39, 0.29) is 53.9 Å². The molecule has 1 atom stereocenters. The number of aliphatic carboxylic acids is 1. The summed E-state index contributed by atoms with van der Waals surface area (Å²) in [5, 5.41) is 25.9. The Hall–Kier alpha value is -5.39. The number of nitrogens with zero attached hydrogens (tertiary/aromatic N) is 2. The average molecular weight is 843 g/mol. The number of alkyl halides is 4. The van der Waals surface area contributed by atoms with Crippen molar-refractivity contribution >= 4 is 41.8 Å². The third-order valence-electron chi connectivity index (χ3n) is 10.9. The number of carbonyl (C=O) groups excluding carboxylic acids is 3. The number of hydrogen-bond acceptors (Lipinski definition) is 8. The highest BCUT2D eigenvalue weighted by Gasteiger charge is 2.65. The number of anilines is 1. The number of nitrogens with one attached hydrogen (secondary N) is 5. The van der Waals surface area contributed by atoms with E-state index in [4.69, 9.17) is 10.8 Å². The molecule has 3 aromatic carbocycles. The van der Waals surface area contributed by atoms with Gasteiger partial charge >= 0.3 is 17.8 Å². The largest absolute Gasteiger partial charge is 0.477 e. The van der Waals surface area contributed by atoms with Crippen LogP contribution in [0.3, 0.4) is 0 Å². The van der Waals surface area contributed by atoms with Gasteiger partial charge in [0.1, 0.15) is 6.04 Å². The van der Waals surface area contributed by atoms with Crippen molar-refractivity contribution in [3.05, 3.63) is 89.2 Å². The molecule has 3 amide bonds. The molecule has 1 aliphatic carbocycles. The van der Waals surface area contributed by atoms with Crippen molar-refractivity contribution in [2.24, 2.45) is 17.6 Å². The number of carboxylic acid groups (broad SMARTS) is 1. The van der Waals surface area contributed by atoms with Gasteiger partial charge in [0, 0.05) is 35.2 Å². The number of piperidine rings is 1. The number of aromatic nitrogens is 3. The highest BCUT2D eigenvalue weighted by Crippen LogP contribution is 2.42. The van der Waals surface area contributed by atoms with E-state index in [1.807, 2.05) is 43.3 Å². The monoisotopic (exact) mass is 842 g/mol. The number of carbonyl (C=O) groups is 4. The quantitative estimate of drug-likeness (QED) is 0.0790. The van der Waals surface area contributed by atoms with E-state index in [0.717, 1.165) is 61.0 Å². The number of halogens is 5. The van der Waals surface area contributed by atoms with E-state index < -0.39 is 41.4 Å². The van der Waals surface area contributed by atoms with Gasteiger partial charge in [-0.05, 0) is 130 Å². The molecule has 6 rings (SSSR count). The van der Waals surface area contributed by atoms with Crippen molar-refractivity contribution in [1.82, 2.24) is 31.1 Å². The summed E-state index contributed by atoms with van der Waals surface area (Å²) in [7, 11) is 0. The lowest BCUT2D eigenvalue weighted by Crippen LogP contribution is -2.48. The molecule has 1 aromatic heterocycles. The van der Waals surface area contributed by atoms with E-state index in [2.05, 4.69) is 31.3 Å². The Kier molecular flexibility index (Phi) is 14.5. The smallest absolute Gasteiger partial charge is 0.411 e. The molecular formula is C41H47ClF4N8O5. The fraction of sp³-hybridized carbons (Fsp3) is 0.415. The summed E-state index contributed by atoms with van der Waals surface area (Å²) in [5.41, 5.74) is 10.4. The van der Waals surface area contributed by atoms with Gasteiger partial charge in [-0.25, -0.2) is 9.78 Å². The number of benzene rings is 3. The van der Waals surface area contributed by atoms with Gasteiger partial charge in [0.2, 0.25) is 17.6 Å². The zero-order valence-electron chi connectivity index (χ0n) is 32.2. The lowest BCUT2D eigenvalue weighted by Gasteiger charge is -2.28. The fourth-order valence-electron chi connectivity index (χ4n) is 7.33. The van der Waals surface area contributed by atoms with Crippen LogP contribution in [0.5, 0.6) is 0 Å². The number of amides is 3. The van der Waals surface area contributed by atoms with Gasteiger partial charge in [0.25, 0.3) is 5.91 Å². The van der Waals surface area contributed by atoms with Crippen molar-refractivity contribution in [2.75, 3.05) is 25.0 Å². The highest BCUT2D eigenvalue weighted by atomic mass is 35.5. The van der Waals surface area contributed by atoms with E-state index in [1.54, 1.807) is 11.2 Å². The van der Waals surface area contributed by atoms with Crippen LogP contribution in [0.25, 0.3) is 22.5 Å². The maximum absolute atomic E-state index is 14.2. The first-order chi connectivity index (χ1) is 27.7. The normalized spacial score (nSPS) is 17.9. The molecule has 0 spiro atoms. The van der Waals surface area contributed by atoms with E-state index in [9.17, 15) is 36.7 Å². The molecule has 0 unspecified atom stereocenters. The topological polar surface area (TPSA) is 204 Å². The van der Waals surface area contributed by atoms with Gasteiger partial charge in [-0.15, -0.1) is 12.4 Å². The van der Waals surface area contributed by atoms with Crippen LogP contribution in [-0.4, -0.2) is 81.6 Å². The molecule has 0 radical (unpaired) electrons. The Labute approximate surface area is 344 Å². The number of aryl methyl sites for hydroxylation is 1. The lowest BCUT2D eigenvalue weighted by molar-refractivity contribution is -0.231. The molecule has 316 valence electrons. The Morgan fingerprint density at radius 1 is 0.898 bits per heavy atom. The number of carboxylic acids is 1. The molecule has 13 nitrogen and oxygen atoms in total. The van der Waals surface area contributed by atoms with Crippen LogP contribution in [0.15, 0.2) is 66.7 Å². The zero-order valence-corrected chi connectivity index (χ0v) is 33.0. The second-order valence-corrected chi connectivity index (χ2v) is 15.0. The van der Waals surface area contributed by atoms with Crippen molar-refractivity contribution in [2.45, 2.75) is 75.8 Å². The predicted octanol–water partition coefficient (Wildman–Crippen LogP) is 5.59. The fourth-order valence-corrected chi connectivity index (χ4v) is 7.33. The summed E-state index contributed by atoms with van der Waals surface area (Å²) < 4.78 is 55.9. The van der Waals surface area contributed by atoms with Crippen LogP contribution < -0.4 is 27.0 Å². The molecule has 4 aromatic rings. The molecule has 2 aliphatic rings. The van der Waals surface area contributed by atoms with Crippen molar-refractivity contribution in [3.63, 3.8) is 0 Å². The van der Waals surface area contributed by atoms with Gasteiger partial charge < -0.3 is 32.1 Å². The first kappa shape index (κ1) is 44.7. The van der Waals surface area contributed by atoms with Crippen molar-refractivity contribution < 1.29 is 41.8 Å². The van der Waals surface area contributed by atoms with Crippen LogP contribution in [0.4, 0.5) is 23.2 Å². The Morgan fingerprint density at radius 2 is 1.54 bits per heavy atom. The molecule has 1 saturated heterocycles. The average Bonchev–Trinajstić information content (AvgIpc) is 3.73. The van der Waals surface area contributed by atoms with Crippen LogP contribution in [0, 0.1) is 18.8 Å². The summed E-state index contributed by atoms with van der Waals surface area (Å²) in [4.78, 5) is 54.3.